The van der Waals surface area contributed by atoms with Gasteiger partial charge in [-0.2, -0.15) is 0 Å². The highest BCUT2D eigenvalue weighted by Gasteiger charge is 2.15. The molecule has 6 nitrogen and oxygen atoms in total. The van der Waals surface area contributed by atoms with Crippen molar-refractivity contribution in [2.75, 3.05) is 26.4 Å². The zero-order valence-electron chi connectivity index (χ0n) is 17.1. The summed E-state index contributed by atoms with van der Waals surface area (Å²) < 4.78 is 16.8. The Balaban J connectivity index is 1.32. The van der Waals surface area contributed by atoms with Crippen molar-refractivity contribution in [1.29, 1.82) is 0 Å². The Morgan fingerprint density at radius 2 is 1.80 bits per heavy atom. The minimum absolute atomic E-state index is 0.00368. The highest BCUT2D eigenvalue weighted by molar-refractivity contribution is 5.77. The van der Waals surface area contributed by atoms with Gasteiger partial charge in [-0.15, -0.1) is 0 Å². The third-order valence-electron chi connectivity index (χ3n) is 5.24. The number of ether oxygens (including phenoxy) is 2. The van der Waals surface area contributed by atoms with E-state index in [0.717, 1.165) is 48.6 Å². The van der Waals surface area contributed by atoms with Crippen molar-refractivity contribution < 1.29 is 18.7 Å². The van der Waals surface area contributed by atoms with E-state index in [0.29, 0.717) is 24.1 Å². The first kappa shape index (κ1) is 20.2. The average molecular weight is 406 g/mol. The predicted octanol–water partition coefficient (Wildman–Crippen LogP) is 4.24. The van der Waals surface area contributed by atoms with Crippen molar-refractivity contribution in [2.45, 2.75) is 19.8 Å². The first-order chi connectivity index (χ1) is 14.7. The van der Waals surface area contributed by atoms with Gasteiger partial charge < -0.3 is 19.2 Å². The van der Waals surface area contributed by atoms with Gasteiger partial charge in [0.25, 0.3) is 5.91 Å². The number of carbonyl (C=O) groups excluding carboxylic acids is 1. The number of nitrogens with one attached hydrogen (secondary N) is 1. The van der Waals surface area contributed by atoms with Gasteiger partial charge in [0.15, 0.2) is 6.61 Å². The summed E-state index contributed by atoms with van der Waals surface area (Å²) in [5, 5.41) is 2.94. The van der Waals surface area contributed by atoms with E-state index >= 15 is 0 Å². The second-order valence-corrected chi connectivity index (χ2v) is 7.46. The molecule has 1 fully saturated rings. The Morgan fingerprint density at radius 1 is 1.07 bits per heavy atom. The van der Waals surface area contributed by atoms with Crippen molar-refractivity contribution in [2.24, 2.45) is 5.92 Å². The van der Waals surface area contributed by atoms with Gasteiger partial charge in [-0.05, 0) is 62.1 Å². The fraction of sp³-hybridized carbons (Fsp3) is 0.333. The smallest absolute Gasteiger partial charge is 0.257 e. The first-order valence-electron chi connectivity index (χ1n) is 10.3. The molecule has 1 aliphatic rings. The molecule has 1 N–H and O–H groups in total. The summed E-state index contributed by atoms with van der Waals surface area (Å²) in [5.41, 5.74) is 2.68. The monoisotopic (exact) mass is 406 g/mol. The molecule has 30 heavy (non-hydrogen) atoms. The number of carbonyl (C=O) groups is 1. The lowest BCUT2D eigenvalue weighted by molar-refractivity contribution is -0.123. The number of aromatic nitrogens is 1. The Kier molecular flexibility index (Phi) is 6.44. The summed E-state index contributed by atoms with van der Waals surface area (Å²) in [4.78, 5) is 16.7. The van der Waals surface area contributed by atoms with E-state index in [4.69, 9.17) is 13.9 Å². The predicted molar refractivity (Wildman–Crippen MR) is 114 cm³/mol. The van der Waals surface area contributed by atoms with E-state index in [1.54, 1.807) is 0 Å². The van der Waals surface area contributed by atoms with Crippen molar-refractivity contribution >= 4 is 5.91 Å². The number of hydrogen-bond acceptors (Lipinski definition) is 5. The lowest BCUT2D eigenvalue weighted by atomic mass is 10.0. The summed E-state index contributed by atoms with van der Waals surface area (Å²) in [6.45, 7) is 4.15. The van der Waals surface area contributed by atoms with Crippen LogP contribution in [0, 0.1) is 12.8 Å². The Hall–Kier alpha value is -3.12. The lowest BCUT2D eigenvalue weighted by Gasteiger charge is -2.22. The number of nitrogens with zero attached hydrogens (tertiary/aromatic N) is 1. The quantitative estimate of drug-likeness (QED) is 0.635. The minimum atomic E-state index is -0.106. The minimum Gasteiger partial charge on any atom is -0.484 e. The van der Waals surface area contributed by atoms with Crippen LogP contribution in [0.25, 0.3) is 22.7 Å². The summed E-state index contributed by atoms with van der Waals surface area (Å²) >= 11 is 0. The van der Waals surface area contributed by atoms with Crippen LogP contribution < -0.4 is 10.1 Å². The van der Waals surface area contributed by atoms with Crippen LogP contribution in [0.5, 0.6) is 5.75 Å². The number of aryl methyl sites for hydroxylation is 1. The largest absolute Gasteiger partial charge is 0.484 e. The molecule has 2 heterocycles. The normalized spacial score (nSPS) is 14.4. The molecule has 0 radical (unpaired) electrons. The third-order valence-corrected chi connectivity index (χ3v) is 5.24. The zero-order valence-corrected chi connectivity index (χ0v) is 17.1. The Labute approximate surface area is 176 Å². The van der Waals surface area contributed by atoms with Gasteiger partial charge in [0.1, 0.15) is 17.2 Å². The molecule has 1 aromatic heterocycles. The number of oxazole rings is 1. The number of hydrogen-bond donors (Lipinski definition) is 1. The van der Waals surface area contributed by atoms with E-state index in [9.17, 15) is 4.79 Å². The topological polar surface area (TPSA) is 73.6 Å². The summed E-state index contributed by atoms with van der Waals surface area (Å²) in [6, 6.07) is 17.4. The van der Waals surface area contributed by atoms with E-state index in [1.165, 1.54) is 0 Å². The Bertz CT molecular complexity index is 961. The van der Waals surface area contributed by atoms with Crippen molar-refractivity contribution in [3.8, 4) is 28.5 Å². The van der Waals surface area contributed by atoms with Crippen LogP contribution in [0.3, 0.4) is 0 Å². The molecule has 3 aromatic rings. The van der Waals surface area contributed by atoms with Gasteiger partial charge in [-0.25, -0.2) is 4.98 Å². The number of benzene rings is 2. The van der Waals surface area contributed by atoms with Crippen LogP contribution in [0.2, 0.25) is 0 Å². The van der Waals surface area contributed by atoms with E-state index in [2.05, 4.69) is 10.3 Å². The third kappa shape index (κ3) is 5.07. The molecule has 1 saturated heterocycles. The van der Waals surface area contributed by atoms with Gasteiger partial charge in [-0.1, -0.05) is 18.2 Å². The lowest BCUT2D eigenvalue weighted by Crippen LogP contribution is -2.35. The van der Waals surface area contributed by atoms with Crippen LogP contribution in [0.15, 0.2) is 59.0 Å². The van der Waals surface area contributed by atoms with Crippen LogP contribution in [0.1, 0.15) is 18.6 Å². The van der Waals surface area contributed by atoms with Crippen LogP contribution >= 0.6 is 0 Å². The van der Waals surface area contributed by atoms with Gasteiger partial charge >= 0.3 is 0 Å². The maximum absolute atomic E-state index is 12.0. The molecule has 6 heteroatoms. The highest BCUT2D eigenvalue weighted by atomic mass is 16.5. The van der Waals surface area contributed by atoms with Gasteiger partial charge in [0.05, 0.1) is 0 Å². The van der Waals surface area contributed by atoms with E-state index in [-0.39, 0.29) is 12.5 Å². The van der Waals surface area contributed by atoms with Crippen LogP contribution in [0.4, 0.5) is 0 Å². The van der Waals surface area contributed by atoms with Gasteiger partial charge in [0.2, 0.25) is 5.89 Å². The molecule has 0 spiro atoms. The number of rotatable bonds is 7. The van der Waals surface area contributed by atoms with Gasteiger partial charge in [0, 0.05) is 30.9 Å². The second-order valence-electron chi connectivity index (χ2n) is 7.46. The molecule has 0 saturated carbocycles. The van der Waals surface area contributed by atoms with Crippen LogP contribution in [-0.4, -0.2) is 37.3 Å². The molecule has 1 amide bonds. The molecule has 0 bridgehead atoms. The average Bonchev–Trinajstić information content (AvgIpc) is 3.19. The van der Waals surface area contributed by atoms with Gasteiger partial charge in [-0.3, -0.25) is 4.79 Å². The van der Waals surface area contributed by atoms with Crippen molar-refractivity contribution in [3.05, 3.63) is 60.4 Å². The highest BCUT2D eigenvalue weighted by Crippen LogP contribution is 2.29. The molecule has 2 aromatic carbocycles. The van der Waals surface area contributed by atoms with Crippen molar-refractivity contribution in [3.63, 3.8) is 0 Å². The molecule has 1 aliphatic heterocycles. The summed E-state index contributed by atoms with van der Waals surface area (Å²) in [7, 11) is 0. The summed E-state index contributed by atoms with van der Waals surface area (Å²) in [5.74, 6) is 2.39. The van der Waals surface area contributed by atoms with Crippen molar-refractivity contribution in [1.82, 2.24) is 10.3 Å². The number of amides is 1. The zero-order chi connectivity index (χ0) is 20.8. The molecule has 4 rings (SSSR count). The Morgan fingerprint density at radius 3 is 2.53 bits per heavy atom. The van der Waals surface area contributed by atoms with Crippen LogP contribution in [-0.2, 0) is 9.53 Å². The molecule has 0 unspecified atom stereocenters. The molecular formula is C24H26N2O4. The molecule has 156 valence electrons. The summed E-state index contributed by atoms with van der Waals surface area (Å²) in [6.07, 6.45) is 1.99. The van der Waals surface area contributed by atoms with E-state index < -0.39 is 0 Å². The molecule has 0 aliphatic carbocycles. The second kappa shape index (κ2) is 9.59. The van der Waals surface area contributed by atoms with E-state index in [1.807, 2.05) is 61.5 Å². The standard InChI is InChI=1S/C24H26N2O4/c1-17-23(26-24(30-17)20-5-3-2-4-6-20)19-7-9-21(10-8-19)29-16-22(27)25-15-18-11-13-28-14-12-18/h2-10,18H,11-16H2,1H3,(H,25,27). The fourth-order valence-electron chi connectivity index (χ4n) is 3.49. The molecular weight excluding hydrogens is 380 g/mol. The SMILES string of the molecule is Cc1oc(-c2ccccc2)nc1-c1ccc(OCC(=O)NCC2CCOCC2)cc1. The maximum atomic E-state index is 12.0. The first-order valence-corrected chi connectivity index (χ1v) is 10.3. The fourth-order valence-corrected chi connectivity index (χ4v) is 3.49. The molecule has 0 atom stereocenters. The maximum Gasteiger partial charge on any atom is 0.257 e.